The molecule has 0 bridgehead atoms. The highest BCUT2D eigenvalue weighted by atomic mass is 35.5. The minimum absolute atomic E-state index is 0.0729. The number of benzene rings is 1. The standard InChI is InChI=1S/C16H19ClN4O/c1-11(2)20-15(22)14-8-10-19-16(21-14)18-9-7-12-3-5-13(17)6-4-12/h3-6,8,10-11H,7,9H2,1-2H3,(H,20,22)(H,18,19,21). The Morgan fingerprint density at radius 3 is 2.64 bits per heavy atom. The third-order valence-corrected chi connectivity index (χ3v) is 3.17. The van der Waals surface area contributed by atoms with Gasteiger partial charge in [-0.05, 0) is 44.0 Å². The molecule has 1 aromatic heterocycles. The first-order valence-electron chi connectivity index (χ1n) is 7.17. The van der Waals surface area contributed by atoms with Gasteiger partial charge in [-0.2, -0.15) is 0 Å². The number of hydrogen-bond acceptors (Lipinski definition) is 4. The molecule has 1 heterocycles. The predicted octanol–water partition coefficient (Wildman–Crippen LogP) is 2.92. The van der Waals surface area contributed by atoms with Gasteiger partial charge in [0.1, 0.15) is 5.69 Å². The van der Waals surface area contributed by atoms with Crippen LogP contribution in [0.2, 0.25) is 5.02 Å². The number of hydrogen-bond donors (Lipinski definition) is 2. The molecule has 0 aliphatic heterocycles. The van der Waals surface area contributed by atoms with Crippen LogP contribution in [0.4, 0.5) is 5.95 Å². The number of aromatic nitrogens is 2. The zero-order valence-electron chi connectivity index (χ0n) is 12.6. The van der Waals surface area contributed by atoms with E-state index in [1.807, 2.05) is 38.1 Å². The van der Waals surface area contributed by atoms with Crippen molar-refractivity contribution in [3.8, 4) is 0 Å². The lowest BCUT2D eigenvalue weighted by Crippen LogP contribution is -2.31. The van der Waals surface area contributed by atoms with Gasteiger partial charge >= 0.3 is 0 Å². The second-order valence-electron chi connectivity index (χ2n) is 5.20. The number of carbonyl (C=O) groups is 1. The Labute approximate surface area is 135 Å². The quantitative estimate of drug-likeness (QED) is 0.859. The molecule has 22 heavy (non-hydrogen) atoms. The summed E-state index contributed by atoms with van der Waals surface area (Å²) < 4.78 is 0. The smallest absolute Gasteiger partial charge is 0.270 e. The van der Waals surface area contributed by atoms with Crippen LogP contribution in [-0.2, 0) is 6.42 Å². The Morgan fingerprint density at radius 1 is 1.23 bits per heavy atom. The van der Waals surface area contributed by atoms with E-state index in [0.29, 0.717) is 18.2 Å². The third kappa shape index (κ3) is 5.00. The van der Waals surface area contributed by atoms with Crippen LogP contribution in [0.1, 0.15) is 29.9 Å². The Kier molecular flexibility index (Phi) is 5.72. The molecule has 0 atom stereocenters. The van der Waals surface area contributed by atoms with E-state index in [0.717, 1.165) is 11.4 Å². The molecule has 116 valence electrons. The molecule has 2 N–H and O–H groups in total. The fourth-order valence-corrected chi connectivity index (χ4v) is 2.00. The molecule has 0 saturated carbocycles. The minimum atomic E-state index is -0.196. The summed E-state index contributed by atoms with van der Waals surface area (Å²) in [5, 5.41) is 6.65. The molecule has 0 spiro atoms. The molecule has 0 aliphatic carbocycles. The average molecular weight is 319 g/mol. The predicted molar refractivity (Wildman–Crippen MR) is 88.3 cm³/mol. The zero-order chi connectivity index (χ0) is 15.9. The van der Waals surface area contributed by atoms with Gasteiger partial charge in [0.15, 0.2) is 0 Å². The summed E-state index contributed by atoms with van der Waals surface area (Å²) in [6.45, 7) is 4.49. The van der Waals surface area contributed by atoms with Gasteiger partial charge in [-0.25, -0.2) is 9.97 Å². The molecule has 1 amide bonds. The largest absolute Gasteiger partial charge is 0.354 e. The van der Waals surface area contributed by atoms with Gasteiger partial charge in [0.2, 0.25) is 5.95 Å². The van der Waals surface area contributed by atoms with E-state index in [1.54, 1.807) is 12.3 Å². The number of amides is 1. The van der Waals surface area contributed by atoms with Crippen LogP contribution < -0.4 is 10.6 Å². The van der Waals surface area contributed by atoms with Crippen molar-refractivity contribution in [2.24, 2.45) is 0 Å². The van der Waals surface area contributed by atoms with Gasteiger partial charge < -0.3 is 10.6 Å². The van der Waals surface area contributed by atoms with Crippen LogP contribution in [-0.4, -0.2) is 28.5 Å². The number of halogens is 1. The number of rotatable bonds is 6. The third-order valence-electron chi connectivity index (χ3n) is 2.92. The fraction of sp³-hybridized carbons (Fsp3) is 0.312. The van der Waals surface area contributed by atoms with Crippen molar-refractivity contribution in [2.45, 2.75) is 26.3 Å². The highest BCUT2D eigenvalue weighted by Crippen LogP contribution is 2.10. The minimum Gasteiger partial charge on any atom is -0.354 e. The highest BCUT2D eigenvalue weighted by Gasteiger charge is 2.09. The van der Waals surface area contributed by atoms with E-state index in [-0.39, 0.29) is 11.9 Å². The van der Waals surface area contributed by atoms with Gasteiger partial charge in [0.25, 0.3) is 5.91 Å². The van der Waals surface area contributed by atoms with E-state index in [4.69, 9.17) is 11.6 Å². The highest BCUT2D eigenvalue weighted by molar-refractivity contribution is 6.30. The van der Waals surface area contributed by atoms with Crippen molar-refractivity contribution < 1.29 is 4.79 Å². The first-order chi connectivity index (χ1) is 10.5. The van der Waals surface area contributed by atoms with Gasteiger partial charge in [0, 0.05) is 23.8 Å². The van der Waals surface area contributed by atoms with Crippen LogP contribution >= 0.6 is 11.6 Å². The molecule has 0 saturated heterocycles. The van der Waals surface area contributed by atoms with Crippen LogP contribution in [0.25, 0.3) is 0 Å². The van der Waals surface area contributed by atoms with Gasteiger partial charge in [-0.3, -0.25) is 4.79 Å². The molecule has 0 radical (unpaired) electrons. The van der Waals surface area contributed by atoms with Gasteiger partial charge in [-0.15, -0.1) is 0 Å². The molecule has 5 nitrogen and oxygen atoms in total. The summed E-state index contributed by atoms with van der Waals surface area (Å²) in [6, 6.07) is 9.37. The van der Waals surface area contributed by atoms with E-state index >= 15 is 0 Å². The molecule has 0 unspecified atom stereocenters. The normalized spacial score (nSPS) is 10.5. The Balaban J connectivity index is 1.90. The number of anilines is 1. The van der Waals surface area contributed by atoms with Crippen LogP contribution in [0.3, 0.4) is 0 Å². The topological polar surface area (TPSA) is 66.9 Å². The maximum atomic E-state index is 11.9. The second kappa shape index (κ2) is 7.75. The summed E-state index contributed by atoms with van der Waals surface area (Å²) >= 11 is 5.85. The van der Waals surface area contributed by atoms with Crippen LogP contribution in [0.15, 0.2) is 36.5 Å². The van der Waals surface area contributed by atoms with Gasteiger partial charge in [0.05, 0.1) is 0 Å². The van der Waals surface area contributed by atoms with Crippen LogP contribution in [0.5, 0.6) is 0 Å². The number of carbonyl (C=O) groups excluding carboxylic acids is 1. The van der Waals surface area contributed by atoms with Crippen molar-refractivity contribution in [3.63, 3.8) is 0 Å². The maximum Gasteiger partial charge on any atom is 0.270 e. The molecule has 6 heteroatoms. The van der Waals surface area contributed by atoms with E-state index < -0.39 is 0 Å². The van der Waals surface area contributed by atoms with E-state index in [1.165, 1.54) is 5.56 Å². The Bertz CT molecular complexity index is 628. The summed E-state index contributed by atoms with van der Waals surface area (Å²) in [6.07, 6.45) is 2.40. The van der Waals surface area contributed by atoms with E-state index in [9.17, 15) is 4.79 Å². The summed E-state index contributed by atoms with van der Waals surface area (Å²) in [7, 11) is 0. The van der Waals surface area contributed by atoms with Crippen molar-refractivity contribution in [3.05, 3.63) is 52.8 Å². The molecule has 2 rings (SSSR count). The summed E-state index contributed by atoms with van der Waals surface area (Å²) in [4.78, 5) is 20.2. The van der Waals surface area contributed by atoms with Crippen molar-refractivity contribution in [1.82, 2.24) is 15.3 Å². The molecule has 1 aromatic carbocycles. The molecule has 2 aromatic rings. The molecule has 0 fully saturated rings. The second-order valence-corrected chi connectivity index (χ2v) is 5.63. The Hall–Kier alpha value is -2.14. The summed E-state index contributed by atoms with van der Waals surface area (Å²) in [5.74, 6) is 0.253. The fourth-order valence-electron chi connectivity index (χ4n) is 1.88. The average Bonchev–Trinajstić information content (AvgIpc) is 2.49. The van der Waals surface area contributed by atoms with Crippen molar-refractivity contribution in [2.75, 3.05) is 11.9 Å². The van der Waals surface area contributed by atoms with E-state index in [2.05, 4.69) is 20.6 Å². The van der Waals surface area contributed by atoms with Gasteiger partial charge in [-0.1, -0.05) is 23.7 Å². The number of nitrogens with zero attached hydrogens (tertiary/aromatic N) is 2. The maximum absolute atomic E-state index is 11.9. The first kappa shape index (κ1) is 16.2. The molecule has 0 aliphatic rings. The van der Waals surface area contributed by atoms with Crippen molar-refractivity contribution in [1.29, 1.82) is 0 Å². The zero-order valence-corrected chi connectivity index (χ0v) is 13.4. The Morgan fingerprint density at radius 2 is 1.95 bits per heavy atom. The molecular formula is C16H19ClN4O. The monoisotopic (exact) mass is 318 g/mol. The molecular weight excluding hydrogens is 300 g/mol. The SMILES string of the molecule is CC(C)NC(=O)c1ccnc(NCCc2ccc(Cl)cc2)n1. The first-order valence-corrected chi connectivity index (χ1v) is 7.54. The lowest BCUT2D eigenvalue weighted by Gasteiger charge is -2.09. The van der Waals surface area contributed by atoms with Crippen LogP contribution in [0, 0.1) is 0 Å². The number of nitrogens with one attached hydrogen (secondary N) is 2. The lowest BCUT2D eigenvalue weighted by molar-refractivity contribution is 0.0938. The summed E-state index contributed by atoms with van der Waals surface area (Å²) in [5.41, 5.74) is 1.53. The lowest BCUT2D eigenvalue weighted by atomic mass is 10.1. The van der Waals surface area contributed by atoms with Crippen molar-refractivity contribution >= 4 is 23.5 Å².